The number of rotatable bonds is 7. The topological polar surface area (TPSA) is 74.7 Å². The summed E-state index contributed by atoms with van der Waals surface area (Å²) in [5, 5.41) is 9.05. The van der Waals surface area contributed by atoms with E-state index in [1.54, 1.807) is 0 Å². The molecule has 1 rings (SSSR count). The fourth-order valence-electron chi connectivity index (χ4n) is 1.85. The van der Waals surface area contributed by atoms with Crippen LogP contribution in [-0.2, 0) is 14.4 Å². The number of nitrogens with zero attached hydrogens (tertiary/aromatic N) is 1. The van der Waals surface area contributed by atoms with Gasteiger partial charge in [-0.3, -0.25) is 14.5 Å². The fourth-order valence-corrected chi connectivity index (χ4v) is 1.85. The Morgan fingerprint density at radius 3 is 2.29 bits per heavy atom. The smallest absolute Gasteiger partial charge is 0.326 e. The van der Waals surface area contributed by atoms with Gasteiger partial charge in [-0.25, -0.2) is 4.79 Å². The van der Waals surface area contributed by atoms with Crippen LogP contribution in [0.2, 0.25) is 0 Å². The molecule has 0 aliphatic carbocycles. The third-order valence-electron chi connectivity index (χ3n) is 2.77. The van der Waals surface area contributed by atoms with Crippen LogP contribution in [0.5, 0.6) is 0 Å². The van der Waals surface area contributed by atoms with E-state index >= 15 is 0 Å². The van der Waals surface area contributed by atoms with Crippen molar-refractivity contribution in [2.24, 2.45) is 0 Å². The second kappa shape index (κ2) is 6.18. The zero-order valence-electron chi connectivity index (χ0n) is 9.89. The van der Waals surface area contributed by atoms with Gasteiger partial charge < -0.3 is 5.11 Å². The number of hydrogen-bond donors (Lipinski definition) is 1. The van der Waals surface area contributed by atoms with Crippen LogP contribution in [0, 0.1) is 0 Å². The van der Waals surface area contributed by atoms with Crippen molar-refractivity contribution in [2.45, 2.75) is 45.1 Å². The van der Waals surface area contributed by atoms with Crippen molar-refractivity contribution >= 4 is 17.8 Å². The maximum absolute atomic E-state index is 11.4. The van der Waals surface area contributed by atoms with Gasteiger partial charge in [-0.15, -0.1) is 0 Å². The van der Waals surface area contributed by atoms with E-state index in [9.17, 15) is 14.4 Å². The van der Waals surface area contributed by atoms with Crippen LogP contribution in [0.3, 0.4) is 0 Å². The van der Waals surface area contributed by atoms with Crippen molar-refractivity contribution in [1.82, 2.24) is 4.90 Å². The first-order chi connectivity index (χ1) is 8.07. The molecule has 0 saturated heterocycles. The Balaban J connectivity index is 2.57. The summed E-state index contributed by atoms with van der Waals surface area (Å²) >= 11 is 0. The van der Waals surface area contributed by atoms with Gasteiger partial charge >= 0.3 is 5.97 Å². The molecular weight excluding hydrogens is 222 g/mol. The highest BCUT2D eigenvalue weighted by molar-refractivity contribution is 6.14. The Kier molecular flexibility index (Phi) is 4.87. The minimum Gasteiger partial charge on any atom is -0.480 e. The van der Waals surface area contributed by atoms with E-state index in [1.165, 1.54) is 0 Å². The van der Waals surface area contributed by atoms with E-state index in [4.69, 9.17) is 5.11 Å². The van der Waals surface area contributed by atoms with Crippen LogP contribution in [0.1, 0.15) is 39.0 Å². The second-order valence-corrected chi connectivity index (χ2v) is 4.08. The molecule has 0 fully saturated rings. The maximum atomic E-state index is 11.4. The summed E-state index contributed by atoms with van der Waals surface area (Å²) in [4.78, 5) is 34.6. The Hall–Kier alpha value is -1.65. The zero-order valence-corrected chi connectivity index (χ0v) is 9.89. The van der Waals surface area contributed by atoms with Gasteiger partial charge in [0.2, 0.25) is 0 Å². The maximum Gasteiger partial charge on any atom is 0.326 e. The highest BCUT2D eigenvalue weighted by Gasteiger charge is 2.35. The highest BCUT2D eigenvalue weighted by atomic mass is 16.4. The fraction of sp³-hybridized carbons (Fsp3) is 0.583. The molecule has 1 aliphatic heterocycles. The third kappa shape index (κ3) is 3.41. The average Bonchev–Trinajstić information content (AvgIpc) is 2.59. The zero-order chi connectivity index (χ0) is 12.8. The van der Waals surface area contributed by atoms with Crippen molar-refractivity contribution in [1.29, 1.82) is 0 Å². The summed E-state index contributed by atoms with van der Waals surface area (Å²) < 4.78 is 0. The molecule has 5 nitrogen and oxygen atoms in total. The minimum absolute atomic E-state index is 0.328. The van der Waals surface area contributed by atoms with Gasteiger partial charge in [0.25, 0.3) is 11.8 Å². The molecule has 1 atom stereocenters. The lowest BCUT2D eigenvalue weighted by atomic mass is 10.1. The lowest BCUT2D eigenvalue weighted by Crippen LogP contribution is -2.44. The largest absolute Gasteiger partial charge is 0.480 e. The van der Waals surface area contributed by atoms with Crippen molar-refractivity contribution in [2.75, 3.05) is 0 Å². The van der Waals surface area contributed by atoms with Crippen molar-refractivity contribution in [3.63, 3.8) is 0 Å². The quantitative estimate of drug-likeness (QED) is 0.537. The van der Waals surface area contributed by atoms with E-state index in [2.05, 4.69) is 6.92 Å². The summed E-state index contributed by atoms with van der Waals surface area (Å²) in [6, 6.07) is -1.03. The number of carbonyl (C=O) groups excluding carboxylic acids is 2. The highest BCUT2D eigenvalue weighted by Crippen LogP contribution is 2.16. The molecular formula is C12H17NO4. The summed E-state index contributed by atoms with van der Waals surface area (Å²) in [6.07, 6.45) is 6.28. The van der Waals surface area contributed by atoms with Crippen LogP contribution in [0.4, 0.5) is 0 Å². The van der Waals surface area contributed by atoms with E-state index in [1.807, 2.05) is 0 Å². The first-order valence-electron chi connectivity index (χ1n) is 5.86. The van der Waals surface area contributed by atoms with Crippen LogP contribution < -0.4 is 0 Å². The van der Waals surface area contributed by atoms with Crippen LogP contribution in [-0.4, -0.2) is 33.8 Å². The first kappa shape index (κ1) is 13.4. The predicted octanol–water partition coefficient (Wildman–Crippen LogP) is 1.33. The monoisotopic (exact) mass is 239 g/mol. The van der Waals surface area contributed by atoms with Crippen LogP contribution >= 0.6 is 0 Å². The number of carboxylic acids is 1. The van der Waals surface area contributed by atoms with E-state index < -0.39 is 23.8 Å². The molecule has 0 radical (unpaired) electrons. The van der Waals surface area contributed by atoms with Gasteiger partial charge in [-0.2, -0.15) is 0 Å². The molecule has 94 valence electrons. The van der Waals surface area contributed by atoms with Gasteiger partial charge in [0, 0.05) is 12.2 Å². The Morgan fingerprint density at radius 2 is 1.82 bits per heavy atom. The number of hydrogen-bond acceptors (Lipinski definition) is 3. The van der Waals surface area contributed by atoms with E-state index in [0.29, 0.717) is 12.8 Å². The Bertz CT molecular complexity index is 330. The molecule has 2 amide bonds. The molecule has 0 aromatic carbocycles. The van der Waals surface area contributed by atoms with Gasteiger partial charge in [0.1, 0.15) is 6.04 Å². The van der Waals surface area contributed by atoms with Crippen molar-refractivity contribution < 1.29 is 19.5 Å². The summed E-state index contributed by atoms with van der Waals surface area (Å²) in [5.41, 5.74) is 0. The molecule has 1 heterocycles. The molecule has 0 aromatic rings. The standard InChI is InChI=1S/C12H17NO4/c1-2-3-4-5-6-9(12(16)17)13-10(14)7-8-11(13)15/h7-9H,2-6H2,1H3,(H,16,17). The minimum atomic E-state index is -1.12. The van der Waals surface area contributed by atoms with Gasteiger partial charge in [0.15, 0.2) is 0 Å². The lowest BCUT2D eigenvalue weighted by molar-refractivity contribution is -0.153. The Labute approximate surface area is 100 Å². The number of carbonyl (C=O) groups is 3. The van der Waals surface area contributed by atoms with Crippen LogP contribution in [0.15, 0.2) is 12.2 Å². The molecule has 1 aliphatic rings. The summed E-state index contributed by atoms with van der Waals surface area (Å²) in [5.74, 6) is -2.18. The average molecular weight is 239 g/mol. The number of aliphatic carboxylic acids is 1. The Morgan fingerprint density at radius 1 is 1.24 bits per heavy atom. The van der Waals surface area contributed by atoms with E-state index in [0.717, 1.165) is 36.3 Å². The number of unbranched alkanes of at least 4 members (excludes halogenated alkanes) is 3. The molecule has 0 spiro atoms. The number of amides is 2. The molecule has 5 heteroatoms. The molecule has 0 aromatic heterocycles. The molecule has 0 saturated carbocycles. The normalized spacial score (nSPS) is 16.6. The van der Waals surface area contributed by atoms with Crippen LogP contribution in [0.25, 0.3) is 0 Å². The summed E-state index contributed by atoms with van der Waals surface area (Å²) in [6.45, 7) is 2.06. The van der Waals surface area contributed by atoms with Crippen molar-refractivity contribution in [3.8, 4) is 0 Å². The van der Waals surface area contributed by atoms with Gasteiger partial charge in [-0.05, 0) is 6.42 Å². The number of imide groups is 1. The van der Waals surface area contributed by atoms with Gasteiger partial charge in [-0.1, -0.05) is 32.6 Å². The first-order valence-corrected chi connectivity index (χ1v) is 5.86. The molecule has 17 heavy (non-hydrogen) atoms. The molecule has 1 unspecified atom stereocenters. The van der Waals surface area contributed by atoms with E-state index in [-0.39, 0.29) is 0 Å². The third-order valence-corrected chi connectivity index (χ3v) is 2.77. The summed E-state index contributed by atoms with van der Waals surface area (Å²) in [7, 11) is 0. The molecule has 1 N–H and O–H groups in total. The van der Waals surface area contributed by atoms with Crippen molar-refractivity contribution in [3.05, 3.63) is 12.2 Å². The number of carboxylic acid groups (broad SMARTS) is 1. The van der Waals surface area contributed by atoms with Gasteiger partial charge in [0.05, 0.1) is 0 Å². The molecule has 0 bridgehead atoms. The SMILES string of the molecule is CCCCCCC(C(=O)O)N1C(=O)C=CC1=O. The predicted molar refractivity (Wildman–Crippen MR) is 61.2 cm³/mol. The lowest BCUT2D eigenvalue weighted by Gasteiger charge is -2.22. The second-order valence-electron chi connectivity index (χ2n) is 4.08.